The molecule has 2 bridgehead atoms. The van der Waals surface area contributed by atoms with E-state index in [1.165, 1.54) is 10.7 Å². The molecule has 5 amide bonds. The number of amides is 5. The highest BCUT2D eigenvalue weighted by Crippen LogP contribution is 2.57. The van der Waals surface area contributed by atoms with Crippen LogP contribution in [0.1, 0.15) is 71.8 Å². The summed E-state index contributed by atoms with van der Waals surface area (Å²) in [6.45, 7) is 8.97. The lowest BCUT2D eigenvalue weighted by Crippen LogP contribution is -2.41. The number of nitrogens with zero attached hydrogens (tertiary/aromatic N) is 5. The summed E-state index contributed by atoms with van der Waals surface area (Å²) in [7, 11) is 1.29. The van der Waals surface area contributed by atoms with Crippen molar-refractivity contribution in [2.75, 3.05) is 55.7 Å². The van der Waals surface area contributed by atoms with Crippen LogP contribution in [0.2, 0.25) is 0 Å². The Morgan fingerprint density at radius 3 is 2.21 bits per heavy atom. The number of carbonyl (C=O) groups excluding carboxylic acids is 5. The molecular weight excluding hydrogens is 803 g/mol. The van der Waals surface area contributed by atoms with Gasteiger partial charge in [0.2, 0.25) is 29.5 Å². The fraction of sp³-hybridized carbons (Fsp3) is 0.562. The van der Waals surface area contributed by atoms with Crippen molar-refractivity contribution in [3.63, 3.8) is 0 Å². The molecule has 1 aromatic heterocycles. The van der Waals surface area contributed by atoms with E-state index in [9.17, 15) is 24.0 Å². The number of imide groups is 1. The van der Waals surface area contributed by atoms with Crippen molar-refractivity contribution >= 4 is 45.3 Å². The molecule has 7 rings (SSSR count). The van der Waals surface area contributed by atoms with Crippen LogP contribution >= 0.6 is 10.0 Å². The number of rotatable bonds is 18. The van der Waals surface area contributed by atoms with Crippen LogP contribution in [0.15, 0.2) is 60.7 Å². The maximum Gasteiger partial charge on any atom is 0.233 e. The number of carbonyl (C=O) groups is 5. The third-order valence-corrected chi connectivity index (χ3v) is 14.9. The predicted molar refractivity (Wildman–Crippen MR) is 244 cm³/mol. The number of aryl methyl sites for hydroxylation is 1. The first-order valence-corrected chi connectivity index (χ1v) is 25.2. The minimum absolute atomic E-state index is 0.0661. The molecule has 1 saturated carbocycles. The average Bonchev–Trinajstić information content (AvgIpc) is 3.94. The lowest BCUT2D eigenvalue weighted by Gasteiger charge is -2.30. The molecule has 2 fully saturated rings. The predicted octanol–water partition coefficient (Wildman–Crippen LogP) is 6.12. The summed E-state index contributed by atoms with van der Waals surface area (Å²) in [6.07, 6.45) is 14.7. The molecule has 62 heavy (non-hydrogen) atoms. The highest BCUT2D eigenvalue weighted by Gasteiger charge is 2.62. The zero-order chi connectivity index (χ0) is 44.6. The van der Waals surface area contributed by atoms with Crippen LogP contribution in [0.5, 0.6) is 0 Å². The second-order valence-electron chi connectivity index (χ2n) is 19.7. The summed E-state index contributed by atoms with van der Waals surface area (Å²) in [5.41, 5.74) is 3.81. The minimum Gasteiger partial charge on any atom is -0.375 e. The Labute approximate surface area is 368 Å². The summed E-state index contributed by atoms with van der Waals surface area (Å²) in [5.74, 6) is 0.558. The molecule has 4 aliphatic rings. The van der Waals surface area contributed by atoms with Gasteiger partial charge in [-0.05, 0) is 93.4 Å². The standard InChI is InChI=1S/C48H65N7O6S/c1-47(2,46(60)50-25-21-39(57)55-30-31-14-9-10-15-32(31)43-42(51-52-53(43)5)36-16-11-12-18-37(36)55)24-28-61-48(3,4)23-26-49-38(56)22-27-54-44(58)40-34-19-20-35(41(40)45(54)59)33(34)17-13-29-62(6,7)8/h9-12,14-16,18-20,33-35,40-41H,13,17,21-30H2,1-8H3,(H,49,56)(H,50,60). The first-order valence-electron chi connectivity index (χ1n) is 22.1. The molecule has 2 N–H and O–H groups in total. The van der Waals surface area contributed by atoms with E-state index in [0.29, 0.717) is 44.1 Å². The number of ether oxygens (including phenoxy) is 1. The number of aromatic nitrogens is 3. The fourth-order valence-electron chi connectivity index (χ4n) is 9.86. The molecule has 2 aliphatic carbocycles. The van der Waals surface area contributed by atoms with E-state index in [1.807, 2.05) is 83.3 Å². The van der Waals surface area contributed by atoms with Crippen molar-refractivity contribution in [1.29, 1.82) is 0 Å². The van der Waals surface area contributed by atoms with Crippen molar-refractivity contribution in [2.24, 2.45) is 42.1 Å². The van der Waals surface area contributed by atoms with Gasteiger partial charge in [0, 0.05) is 62.7 Å². The van der Waals surface area contributed by atoms with Gasteiger partial charge in [-0.3, -0.25) is 28.9 Å². The first-order chi connectivity index (χ1) is 29.4. The number of benzene rings is 2. The molecule has 0 spiro atoms. The van der Waals surface area contributed by atoms with E-state index in [-0.39, 0.29) is 79.1 Å². The SMILES string of the molecule is Cn1nnc2c1-c1ccccc1CN(C(=O)CCNC(=O)C(C)(C)CCOC(C)(C)CCNC(=O)CCN1C(=O)C3C4C=CC(C4CCCS(C)(C)C)C3C1=O)c1ccccc1-2. The number of anilines is 1. The van der Waals surface area contributed by atoms with Gasteiger partial charge in [-0.2, -0.15) is 0 Å². The van der Waals surface area contributed by atoms with Gasteiger partial charge < -0.3 is 20.3 Å². The van der Waals surface area contributed by atoms with Crippen molar-refractivity contribution < 1.29 is 28.7 Å². The monoisotopic (exact) mass is 867 g/mol. The summed E-state index contributed by atoms with van der Waals surface area (Å²) in [6, 6.07) is 15.7. The van der Waals surface area contributed by atoms with Crippen LogP contribution in [-0.4, -0.2) is 106 Å². The third-order valence-electron chi connectivity index (χ3n) is 13.4. The van der Waals surface area contributed by atoms with Crippen LogP contribution in [0.25, 0.3) is 22.5 Å². The minimum atomic E-state index is -0.756. The molecule has 4 atom stereocenters. The van der Waals surface area contributed by atoms with Crippen molar-refractivity contribution in [1.82, 2.24) is 30.5 Å². The van der Waals surface area contributed by atoms with E-state index in [1.54, 1.807) is 9.58 Å². The summed E-state index contributed by atoms with van der Waals surface area (Å²) >= 11 is 0. The summed E-state index contributed by atoms with van der Waals surface area (Å²) in [5, 5.41) is 14.7. The highest BCUT2D eigenvalue weighted by atomic mass is 32.3. The molecule has 2 aliphatic heterocycles. The van der Waals surface area contributed by atoms with Crippen molar-refractivity contribution in [2.45, 2.75) is 78.4 Å². The van der Waals surface area contributed by atoms with Gasteiger partial charge in [0.1, 0.15) is 5.69 Å². The van der Waals surface area contributed by atoms with Crippen molar-refractivity contribution in [3.8, 4) is 22.5 Å². The van der Waals surface area contributed by atoms with Crippen LogP contribution < -0.4 is 15.5 Å². The first kappa shape index (κ1) is 45.2. The molecule has 3 aromatic rings. The molecular formula is C48H65N7O6S. The van der Waals surface area contributed by atoms with Crippen LogP contribution in [0.3, 0.4) is 0 Å². The molecule has 2 aromatic carbocycles. The quantitative estimate of drug-likeness (QED) is 0.115. The molecule has 3 heterocycles. The van der Waals surface area contributed by atoms with Crippen molar-refractivity contribution in [3.05, 3.63) is 66.2 Å². The Balaban J connectivity index is 0.819. The molecule has 14 heteroatoms. The Kier molecular flexibility index (Phi) is 13.2. The fourth-order valence-corrected chi connectivity index (χ4v) is 10.9. The number of fused-ring (bicyclic) bond motifs is 10. The van der Waals surface area contributed by atoms with E-state index in [4.69, 9.17) is 4.74 Å². The van der Waals surface area contributed by atoms with Crippen LogP contribution in [0.4, 0.5) is 5.69 Å². The second kappa shape index (κ2) is 18.1. The van der Waals surface area contributed by atoms with E-state index < -0.39 is 21.0 Å². The Morgan fingerprint density at radius 1 is 0.855 bits per heavy atom. The lowest BCUT2D eigenvalue weighted by molar-refractivity contribution is -0.141. The number of hydrogen-bond donors (Lipinski definition) is 2. The molecule has 0 radical (unpaired) electrons. The largest absolute Gasteiger partial charge is 0.375 e. The average molecular weight is 868 g/mol. The molecule has 1 saturated heterocycles. The number of nitrogens with one attached hydrogen (secondary N) is 2. The van der Waals surface area contributed by atoms with Gasteiger partial charge in [0.05, 0.1) is 35.4 Å². The van der Waals surface area contributed by atoms with Gasteiger partial charge in [-0.25, -0.2) is 14.7 Å². The molecule has 13 nitrogen and oxygen atoms in total. The molecule has 334 valence electrons. The maximum absolute atomic E-state index is 13.9. The van der Waals surface area contributed by atoms with Gasteiger partial charge in [0.25, 0.3) is 0 Å². The van der Waals surface area contributed by atoms with Gasteiger partial charge in [-0.1, -0.05) is 73.7 Å². The zero-order valence-corrected chi connectivity index (χ0v) is 38.6. The van der Waals surface area contributed by atoms with E-state index in [0.717, 1.165) is 40.9 Å². The van der Waals surface area contributed by atoms with Gasteiger partial charge in [-0.15, -0.1) is 5.10 Å². The van der Waals surface area contributed by atoms with Crippen LogP contribution in [-0.2, 0) is 42.3 Å². The Hall–Kier alpha value is -4.82. The third kappa shape index (κ3) is 9.56. The summed E-state index contributed by atoms with van der Waals surface area (Å²) in [4.78, 5) is 70.2. The Bertz CT molecular complexity index is 2190. The smallest absolute Gasteiger partial charge is 0.233 e. The second-order valence-corrected chi connectivity index (χ2v) is 24.3. The lowest BCUT2D eigenvalue weighted by atomic mass is 9.85. The number of likely N-dealkylation sites (tertiary alicyclic amines) is 1. The maximum atomic E-state index is 13.9. The normalized spacial score (nSPS) is 21.8. The van der Waals surface area contributed by atoms with Gasteiger partial charge in [0.15, 0.2) is 0 Å². The number of allylic oxidation sites excluding steroid dienone is 2. The number of hydrogen-bond acceptors (Lipinski definition) is 8. The van der Waals surface area contributed by atoms with Gasteiger partial charge >= 0.3 is 0 Å². The molecule has 4 unspecified atom stereocenters. The van der Waals surface area contributed by atoms with Crippen LogP contribution in [0, 0.1) is 35.0 Å². The zero-order valence-electron chi connectivity index (χ0n) is 37.7. The van der Waals surface area contributed by atoms with E-state index in [2.05, 4.69) is 51.9 Å². The highest BCUT2D eigenvalue weighted by molar-refractivity contribution is 8.32. The Morgan fingerprint density at radius 2 is 1.52 bits per heavy atom. The summed E-state index contributed by atoms with van der Waals surface area (Å²) < 4.78 is 7.98. The number of para-hydroxylation sites is 1. The topological polar surface area (TPSA) is 156 Å². The van der Waals surface area contributed by atoms with E-state index >= 15 is 0 Å².